The highest BCUT2D eigenvalue weighted by Gasteiger charge is 2.08. The molecule has 0 atom stereocenters. The van der Waals surface area contributed by atoms with Crippen molar-refractivity contribution < 1.29 is 4.79 Å². The first-order chi connectivity index (χ1) is 8.16. The SMILES string of the molecule is Cc1ccc(NC(=O)c2cncnc2)c(C)n1. The second-order valence-electron chi connectivity index (χ2n) is 3.67. The van der Waals surface area contributed by atoms with Crippen LogP contribution < -0.4 is 5.32 Å². The van der Waals surface area contributed by atoms with Gasteiger partial charge in [-0.1, -0.05) is 0 Å². The van der Waals surface area contributed by atoms with Crippen molar-refractivity contribution in [1.29, 1.82) is 0 Å². The van der Waals surface area contributed by atoms with Gasteiger partial charge in [-0.05, 0) is 26.0 Å². The fourth-order valence-corrected chi connectivity index (χ4v) is 1.43. The van der Waals surface area contributed by atoms with Crippen LogP contribution in [0.3, 0.4) is 0 Å². The van der Waals surface area contributed by atoms with Crippen molar-refractivity contribution in [3.63, 3.8) is 0 Å². The van der Waals surface area contributed by atoms with Gasteiger partial charge in [0.05, 0.1) is 16.9 Å². The highest BCUT2D eigenvalue weighted by molar-refractivity contribution is 6.04. The average molecular weight is 228 g/mol. The largest absolute Gasteiger partial charge is 0.320 e. The molecular formula is C12H12N4O. The van der Waals surface area contributed by atoms with E-state index in [1.54, 1.807) is 0 Å². The molecule has 2 heterocycles. The molecule has 1 amide bonds. The van der Waals surface area contributed by atoms with Crippen molar-refractivity contribution in [1.82, 2.24) is 15.0 Å². The van der Waals surface area contributed by atoms with Gasteiger partial charge in [0, 0.05) is 18.1 Å². The number of rotatable bonds is 2. The number of hydrogen-bond donors (Lipinski definition) is 1. The molecule has 0 radical (unpaired) electrons. The zero-order valence-electron chi connectivity index (χ0n) is 9.64. The molecular weight excluding hydrogens is 216 g/mol. The van der Waals surface area contributed by atoms with Gasteiger partial charge < -0.3 is 5.32 Å². The molecule has 5 nitrogen and oxygen atoms in total. The van der Waals surface area contributed by atoms with Crippen LogP contribution in [0.5, 0.6) is 0 Å². The predicted octanol–water partition coefficient (Wildman–Crippen LogP) is 1.74. The van der Waals surface area contributed by atoms with Crippen LogP contribution in [-0.4, -0.2) is 20.9 Å². The summed E-state index contributed by atoms with van der Waals surface area (Å²) in [6, 6.07) is 3.68. The number of aromatic nitrogens is 3. The lowest BCUT2D eigenvalue weighted by atomic mass is 10.2. The Morgan fingerprint density at radius 3 is 2.53 bits per heavy atom. The van der Waals surface area contributed by atoms with E-state index < -0.39 is 0 Å². The van der Waals surface area contributed by atoms with E-state index in [1.165, 1.54) is 18.7 Å². The van der Waals surface area contributed by atoms with E-state index in [0.29, 0.717) is 11.3 Å². The maximum Gasteiger partial charge on any atom is 0.258 e. The fourth-order valence-electron chi connectivity index (χ4n) is 1.43. The maximum atomic E-state index is 11.8. The van der Waals surface area contributed by atoms with Crippen LogP contribution in [0.25, 0.3) is 0 Å². The average Bonchev–Trinajstić information content (AvgIpc) is 2.34. The topological polar surface area (TPSA) is 67.8 Å². The van der Waals surface area contributed by atoms with Gasteiger partial charge >= 0.3 is 0 Å². The Labute approximate surface area is 99.0 Å². The minimum absolute atomic E-state index is 0.237. The molecule has 1 N–H and O–H groups in total. The summed E-state index contributed by atoms with van der Waals surface area (Å²) in [5.41, 5.74) is 2.83. The normalized spacial score (nSPS) is 10.0. The summed E-state index contributed by atoms with van der Waals surface area (Å²) in [7, 11) is 0. The van der Waals surface area contributed by atoms with E-state index in [4.69, 9.17) is 0 Å². The second-order valence-corrected chi connectivity index (χ2v) is 3.67. The number of hydrogen-bond acceptors (Lipinski definition) is 4. The number of carbonyl (C=O) groups is 1. The molecule has 0 spiro atoms. The molecule has 0 saturated heterocycles. The van der Waals surface area contributed by atoms with Gasteiger partial charge in [0.1, 0.15) is 6.33 Å². The quantitative estimate of drug-likeness (QED) is 0.850. The molecule has 0 fully saturated rings. The van der Waals surface area contributed by atoms with Gasteiger partial charge in [0.2, 0.25) is 0 Å². The summed E-state index contributed by atoms with van der Waals surface area (Å²) in [5, 5.41) is 2.77. The molecule has 2 aromatic rings. The van der Waals surface area contributed by atoms with E-state index >= 15 is 0 Å². The molecule has 2 rings (SSSR count). The zero-order valence-corrected chi connectivity index (χ0v) is 9.64. The Balaban J connectivity index is 2.19. The zero-order chi connectivity index (χ0) is 12.3. The van der Waals surface area contributed by atoms with Gasteiger partial charge in [0.25, 0.3) is 5.91 Å². The van der Waals surface area contributed by atoms with Gasteiger partial charge in [0.15, 0.2) is 0 Å². The Kier molecular flexibility index (Phi) is 3.09. The third-order valence-electron chi connectivity index (χ3n) is 2.30. The first-order valence-electron chi connectivity index (χ1n) is 5.17. The third-order valence-corrected chi connectivity index (χ3v) is 2.30. The fraction of sp³-hybridized carbons (Fsp3) is 0.167. The molecule has 86 valence electrons. The molecule has 0 aliphatic carbocycles. The summed E-state index contributed by atoms with van der Waals surface area (Å²) in [5.74, 6) is -0.237. The number of anilines is 1. The molecule has 0 saturated carbocycles. The Morgan fingerprint density at radius 1 is 1.18 bits per heavy atom. The lowest BCUT2D eigenvalue weighted by Crippen LogP contribution is -2.13. The summed E-state index contributed by atoms with van der Waals surface area (Å²) in [4.78, 5) is 23.7. The smallest absolute Gasteiger partial charge is 0.258 e. The standard InChI is InChI=1S/C12H12N4O/c1-8-3-4-11(9(2)15-8)16-12(17)10-5-13-7-14-6-10/h3-7H,1-2H3,(H,16,17). The summed E-state index contributed by atoms with van der Waals surface area (Å²) in [6.07, 6.45) is 4.33. The van der Waals surface area contributed by atoms with Gasteiger partial charge in [-0.3, -0.25) is 9.78 Å². The van der Waals surface area contributed by atoms with Crippen LogP contribution in [0.15, 0.2) is 30.9 Å². The van der Waals surface area contributed by atoms with E-state index in [0.717, 1.165) is 11.4 Å². The van der Waals surface area contributed by atoms with Crippen molar-refractivity contribution in [2.45, 2.75) is 13.8 Å². The molecule has 0 unspecified atom stereocenters. The summed E-state index contributed by atoms with van der Waals surface area (Å²) >= 11 is 0. The predicted molar refractivity (Wildman–Crippen MR) is 63.7 cm³/mol. The number of pyridine rings is 1. The number of nitrogens with one attached hydrogen (secondary N) is 1. The van der Waals surface area contributed by atoms with E-state index in [-0.39, 0.29) is 5.91 Å². The van der Waals surface area contributed by atoms with Crippen molar-refractivity contribution >= 4 is 11.6 Å². The monoisotopic (exact) mass is 228 g/mol. The molecule has 0 aliphatic heterocycles. The van der Waals surface area contributed by atoms with Gasteiger partial charge in [-0.15, -0.1) is 0 Å². The van der Waals surface area contributed by atoms with Gasteiger partial charge in [-0.2, -0.15) is 0 Å². The lowest BCUT2D eigenvalue weighted by Gasteiger charge is -2.07. The molecule has 0 aliphatic rings. The Hall–Kier alpha value is -2.30. The minimum atomic E-state index is -0.237. The highest BCUT2D eigenvalue weighted by atomic mass is 16.1. The van der Waals surface area contributed by atoms with Crippen LogP contribution in [0.1, 0.15) is 21.7 Å². The number of amides is 1. The minimum Gasteiger partial charge on any atom is -0.320 e. The Bertz CT molecular complexity index is 539. The second kappa shape index (κ2) is 4.69. The van der Waals surface area contributed by atoms with E-state index in [1.807, 2.05) is 26.0 Å². The molecule has 17 heavy (non-hydrogen) atoms. The number of aryl methyl sites for hydroxylation is 2. The molecule has 0 aromatic carbocycles. The first-order valence-corrected chi connectivity index (χ1v) is 5.17. The third kappa shape index (κ3) is 2.63. The number of nitrogens with zero attached hydrogens (tertiary/aromatic N) is 3. The molecule has 2 aromatic heterocycles. The first kappa shape index (κ1) is 11.2. The lowest BCUT2D eigenvalue weighted by molar-refractivity contribution is 0.102. The van der Waals surface area contributed by atoms with Crippen LogP contribution in [0.2, 0.25) is 0 Å². The molecule has 5 heteroatoms. The van der Waals surface area contributed by atoms with Crippen LogP contribution in [-0.2, 0) is 0 Å². The summed E-state index contributed by atoms with van der Waals surface area (Å²) in [6.45, 7) is 3.76. The maximum absolute atomic E-state index is 11.8. The van der Waals surface area contributed by atoms with Crippen LogP contribution in [0.4, 0.5) is 5.69 Å². The van der Waals surface area contributed by atoms with Crippen molar-refractivity contribution in [3.05, 3.63) is 47.8 Å². The summed E-state index contributed by atoms with van der Waals surface area (Å²) < 4.78 is 0. The highest BCUT2D eigenvalue weighted by Crippen LogP contribution is 2.13. The molecule has 0 bridgehead atoms. The van der Waals surface area contributed by atoms with Crippen molar-refractivity contribution in [2.75, 3.05) is 5.32 Å². The Morgan fingerprint density at radius 2 is 1.88 bits per heavy atom. The van der Waals surface area contributed by atoms with E-state index in [9.17, 15) is 4.79 Å². The van der Waals surface area contributed by atoms with Crippen molar-refractivity contribution in [3.8, 4) is 0 Å². The number of carbonyl (C=O) groups excluding carboxylic acids is 1. The van der Waals surface area contributed by atoms with Crippen LogP contribution >= 0.6 is 0 Å². The van der Waals surface area contributed by atoms with Crippen molar-refractivity contribution in [2.24, 2.45) is 0 Å². The van der Waals surface area contributed by atoms with E-state index in [2.05, 4.69) is 20.3 Å². The van der Waals surface area contributed by atoms with Crippen LogP contribution in [0, 0.1) is 13.8 Å². The van der Waals surface area contributed by atoms with Gasteiger partial charge in [-0.25, -0.2) is 9.97 Å².